The maximum atomic E-state index is 13.2. The van der Waals surface area contributed by atoms with Crippen LogP contribution in [0.3, 0.4) is 0 Å². The van der Waals surface area contributed by atoms with Crippen molar-refractivity contribution in [3.63, 3.8) is 0 Å². The van der Waals surface area contributed by atoms with Crippen LogP contribution in [0.4, 0.5) is 4.79 Å². The van der Waals surface area contributed by atoms with E-state index in [-0.39, 0.29) is 24.9 Å². The van der Waals surface area contributed by atoms with E-state index in [1.54, 1.807) is 0 Å². The monoisotopic (exact) mass is 713 g/mol. The lowest BCUT2D eigenvalue weighted by atomic mass is 9.98. The van der Waals surface area contributed by atoms with Gasteiger partial charge in [0.1, 0.15) is 37.4 Å². The molecule has 14 nitrogen and oxygen atoms in total. The van der Waals surface area contributed by atoms with Crippen LogP contribution in [-0.4, -0.2) is 97.4 Å². The number of carbonyl (C=O) groups excluding carboxylic acids is 6. The van der Waals surface area contributed by atoms with E-state index < -0.39 is 78.4 Å². The summed E-state index contributed by atoms with van der Waals surface area (Å²) < 4.78 is 38.4. The number of thioether (sulfide) groups is 1. The van der Waals surface area contributed by atoms with Crippen molar-refractivity contribution in [2.45, 2.75) is 69.5 Å². The topological polar surface area (TPSA) is 179 Å². The Morgan fingerprint density at radius 3 is 1.88 bits per heavy atom. The summed E-state index contributed by atoms with van der Waals surface area (Å²) >= 11 is 0.905. The maximum Gasteiger partial charge on any atom is 0.407 e. The molecule has 0 bridgehead atoms. The van der Waals surface area contributed by atoms with Crippen LogP contribution in [0.2, 0.25) is 0 Å². The van der Waals surface area contributed by atoms with Crippen LogP contribution in [0.15, 0.2) is 61.2 Å². The van der Waals surface area contributed by atoms with Crippen molar-refractivity contribution in [3.05, 3.63) is 72.3 Å². The first kappa shape index (κ1) is 37.9. The highest BCUT2D eigenvalue weighted by Gasteiger charge is 2.52. The van der Waals surface area contributed by atoms with Crippen molar-refractivity contribution in [2.24, 2.45) is 0 Å². The SMILES string of the molecule is C=CCOC(=O)[C@H](CS[C@@H]1O[C@H](COC(C)=O)[C@H](OC(C)=O)[C@H](OC(C)=O)[C@H]1OC(C)=O)NC(=O)OCC1c2ccccc2-c2ccccc21. The van der Waals surface area contributed by atoms with Crippen molar-refractivity contribution in [3.8, 4) is 11.1 Å². The van der Waals surface area contributed by atoms with Gasteiger partial charge in [-0.2, -0.15) is 0 Å². The smallest absolute Gasteiger partial charge is 0.407 e. The van der Waals surface area contributed by atoms with E-state index in [4.69, 9.17) is 33.2 Å². The molecule has 15 heteroatoms. The van der Waals surface area contributed by atoms with E-state index in [2.05, 4.69) is 11.9 Å². The van der Waals surface area contributed by atoms with E-state index in [9.17, 15) is 28.8 Å². The van der Waals surface area contributed by atoms with E-state index >= 15 is 0 Å². The van der Waals surface area contributed by atoms with E-state index in [1.165, 1.54) is 6.08 Å². The summed E-state index contributed by atoms with van der Waals surface area (Å²) in [5.74, 6) is -4.27. The number of amides is 1. The number of esters is 5. The van der Waals surface area contributed by atoms with Crippen molar-refractivity contribution >= 4 is 47.7 Å². The van der Waals surface area contributed by atoms with E-state index in [0.29, 0.717) is 0 Å². The number of benzene rings is 2. The Morgan fingerprint density at radius 2 is 1.32 bits per heavy atom. The number of rotatable bonds is 14. The van der Waals surface area contributed by atoms with Crippen molar-refractivity contribution in [1.29, 1.82) is 0 Å². The Balaban J connectivity index is 1.53. The number of carbonyl (C=O) groups is 6. The molecule has 1 fully saturated rings. The fourth-order valence-electron chi connectivity index (χ4n) is 5.71. The molecule has 268 valence electrons. The molecule has 1 saturated heterocycles. The number of ether oxygens (including phenoxy) is 7. The fraction of sp³-hybridized carbons (Fsp3) is 0.429. The number of fused-ring (bicyclic) bond motifs is 3. The van der Waals surface area contributed by atoms with Crippen LogP contribution in [-0.2, 0) is 57.1 Å². The van der Waals surface area contributed by atoms with Crippen LogP contribution in [0.5, 0.6) is 0 Å². The Labute approximate surface area is 293 Å². The number of alkyl carbamates (subject to hydrolysis) is 1. The van der Waals surface area contributed by atoms with Crippen LogP contribution >= 0.6 is 11.8 Å². The minimum atomic E-state index is -1.40. The molecule has 0 saturated carbocycles. The van der Waals surface area contributed by atoms with Gasteiger partial charge in [0.25, 0.3) is 0 Å². The van der Waals surface area contributed by atoms with Crippen molar-refractivity contribution < 1.29 is 61.9 Å². The Kier molecular flexibility index (Phi) is 13.4. The van der Waals surface area contributed by atoms with Crippen molar-refractivity contribution in [1.82, 2.24) is 5.32 Å². The highest BCUT2D eigenvalue weighted by Crippen LogP contribution is 2.44. The quantitative estimate of drug-likeness (QED) is 0.171. The van der Waals surface area contributed by atoms with E-state index in [0.717, 1.165) is 61.7 Å². The molecule has 2 aromatic rings. The van der Waals surface area contributed by atoms with Gasteiger partial charge in [-0.15, -0.1) is 11.8 Å². The van der Waals surface area contributed by atoms with Crippen LogP contribution in [0, 0.1) is 0 Å². The molecule has 1 aliphatic heterocycles. The molecule has 2 aliphatic rings. The zero-order chi connectivity index (χ0) is 36.4. The summed E-state index contributed by atoms with van der Waals surface area (Å²) in [6.45, 7) is 7.47. The minimum Gasteiger partial charge on any atom is -0.463 e. The van der Waals surface area contributed by atoms with Gasteiger partial charge >= 0.3 is 35.9 Å². The van der Waals surface area contributed by atoms with Crippen molar-refractivity contribution in [2.75, 3.05) is 25.6 Å². The average Bonchev–Trinajstić information content (AvgIpc) is 3.38. The van der Waals surface area contributed by atoms with Crippen LogP contribution in [0.25, 0.3) is 11.1 Å². The van der Waals surface area contributed by atoms with Gasteiger partial charge in [-0.25, -0.2) is 9.59 Å². The molecule has 1 amide bonds. The molecule has 0 radical (unpaired) electrons. The molecular weight excluding hydrogens is 674 g/mol. The van der Waals surface area contributed by atoms with Gasteiger partial charge in [0.05, 0.1) is 0 Å². The Hall–Kier alpha value is -4.89. The fourth-order valence-corrected chi connectivity index (χ4v) is 6.93. The maximum absolute atomic E-state index is 13.2. The second-order valence-electron chi connectivity index (χ2n) is 11.3. The van der Waals surface area contributed by atoms with Crippen LogP contribution in [0.1, 0.15) is 44.7 Å². The predicted molar refractivity (Wildman–Crippen MR) is 178 cm³/mol. The molecule has 4 rings (SSSR count). The van der Waals surface area contributed by atoms with Gasteiger partial charge in [0.2, 0.25) is 0 Å². The van der Waals surface area contributed by atoms with Gasteiger partial charge in [0, 0.05) is 39.4 Å². The van der Waals surface area contributed by atoms with Crippen LogP contribution < -0.4 is 5.32 Å². The molecule has 0 aromatic heterocycles. The lowest BCUT2D eigenvalue weighted by Gasteiger charge is -2.44. The second kappa shape index (κ2) is 17.7. The number of nitrogens with one attached hydrogen (secondary N) is 1. The molecular formula is C35H39NO13S. The second-order valence-corrected chi connectivity index (χ2v) is 12.5. The van der Waals surface area contributed by atoms with Gasteiger partial charge in [-0.1, -0.05) is 61.2 Å². The first-order valence-corrected chi connectivity index (χ1v) is 16.8. The standard InChI is InChI=1S/C35H39NO13S/c1-6-15-43-33(41)28(36-35(42)45-16-27-25-13-9-7-11-23(25)24-12-8-10-14-26(24)27)18-50-34-32(48-22(5)40)31(47-21(4)39)30(46-20(3)38)29(49-34)17-44-19(2)37/h6-14,27-32,34H,1,15-18H2,2-5H3,(H,36,42)/t28-,29+,30-,31-,32+,34-/m0/s1. The zero-order valence-electron chi connectivity index (χ0n) is 28.0. The summed E-state index contributed by atoms with van der Waals surface area (Å²) in [5.41, 5.74) is 2.91. The van der Waals surface area contributed by atoms with Gasteiger partial charge in [-0.3, -0.25) is 19.2 Å². The molecule has 1 heterocycles. The highest BCUT2D eigenvalue weighted by atomic mass is 32.2. The Morgan fingerprint density at radius 1 is 0.760 bits per heavy atom. The van der Waals surface area contributed by atoms with Gasteiger partial charge in [-0.05, 0) is 22.3 Å². The lowest BCUT2D eigenvalue weighted by Crippen LogP contribution is -2.61. The third-order valence-corrected chi connectivity index (χ3v) is 8.87. The summed E-state index contributed by atoms with van der Waals surface area (Å²) in [6, 6.07) is 14.4. The summed E-state index contributed by atoms with van der Waals surface area (Å²) in [4.78, 5) is 74.3. The lowest BCUT2D eigenvalue weighted by molar-refractivity contribution is -0.237. The molecule has 50 heavy (non-hydrogen) atoms. The molecule has 0 unspecified atom stereocenters. The molecule has 2 aromatic carbocycles. The summed E-state index contributed by atoms with van der Waals surface area (Å²) in [7, 11) is 0. The van der Waals surface area contributed by atoms with Gasteiger partial charge in [0.15, 0.2) is 18.3 Å². The molecule has 6 atom stereocenters. The zero-order valence-corrected chi connectivity index (χ0v) is 28.8. The Bertz CT molecular complexity index is 1550. The first-order valence-electron chi connectivity index (χ1n) is 15.7. The highest BCUT2D eigenvalue weighted by molar-refractivity contribution is 7.99. The third-order valence-electron chi connectivity index (χ3n) is 7.64. The summed E-state index contributed by atoms with van der Waals surface area (Å²) in [6.07, 6.45) is -4.82. The largest absolute Gasteiger partial charge is 0.463 e. The third kappa shape index (κ3) is 9.85. The number of hydrogen-bond acceptors (Lipinski definition) is 14. The molecule has 1 aliphatic carbocycles. The van der Waals surface area contributed by atoms with E-state index in [1.807, 2.05) is 48.5 Å². The average molecular weight is 714 g/mol. The summed E-state index contributed by atoms with van der Waals surface area (Å²) in [5, 5.41) is 2.54. The number of hydrogen-bond donors (Lipinski definition) is 1. The minimum absolute atomic E-state index is 0.0128. The normalized spacial score (nSPS) is 21.3. The predicted octanol–water partition coefficient (Wildman–Crippen LogP) is 3.44. The molecule has 1 N–H and O–H groups in total. The molecule has 0 spiro atoms. The van der Waals surface area contributed by atoms with Gasteiger partial charge < -0.3 is 38.5 Å². The first-order chi connectivity index (χ1) is 23.9.